The van der Waals surface area contributed by atoms with E-state index in [4.69, 9.17) is 5.11 Å². The second-order valence-corrected chi connectivity index (χ2v) is 4.13. The molecular formula is C14H13N3O3. The van der Waals surface area contributed by atoms with Crippen molar-refractivity contribution in [3.63, 3.8) is 0 Å². The summed E-state index contributed by atoms with van der Waals surface area (Å²) in [6.45, 7) is 0. The first-order valence-electron chi connectivity index (χ1n) is 6.00. The molecule has 0 aliphatic carbocycles. The summed E-state index contributed by atoms with van der Waals surface area (Å²) in [6, 6.07) is 8.33. The van der Waals surface area contributed by atoms with Crippen LogP contribution in [0.1, 0.15) is 28.5 Å². The molecule has 2 N–H and O–H groups in total. The van der Waals surface area contributed by atoms with Gasteiger partial charge < -0.3 is 10.4 Å². The van der Waals surface area contributed by atoms with E-state index in [0.717, 1.165) is 5.56 Å². The molecule has 0 saturated heterocycles. The summed E-state index contributed by atoms with van der Waals surface area (Å²) in [7, 11) is 0. The van der Waals surface area contributed by atoms with Gasteiger partial charge in [-0.2, -0.15) is 0 Å². The topological polar surface area (TPSA) is 92.2 Å². The number of carboxylic acids is 1. The Balaban J connectivity index is 2.16. The molecule has 2 aromatic rings. The van der Waals surface area contributed by atoms with Crippen molar-refractivity contribution in [1.29, 1.82) is 0 Å². The van der Waals surface area contributed by atoms with Crippen molar-refractivity contribution in [2.45, 2.75) is 12.5 Å². The lowest BCUT2D eigenvalue weighted by atomic mass is 10.0. The maximum Gasteiger partial charge on any atom is 0.305 e. The Morgan fingerprint density at radius 2 is 1.95 bits per heavy atom. The number of hydrogen-bond acceptors (Lipinski definition) is 4. The van der Waals surface area contributed by atoms with Crippen molar-refractivity contribution < 1.29 is 14.7 Å². The molecule has 0 radical (unpaired) electrons. The van der Waals surface area contributed by atoms with Gasteiger partial charge in [0.2, 0.25) is 0 Å². The summed E-state index contributed by atoms with van der Waals surface area (Å²) >= 11 is 0. The average Bonchev–Trinajstić information content (AvgIpc) is 2.48. The van der Waals surface area contributed by atoms with E-state index in [2.05, 4.69) is 15.3 Å². The molecule has 1 unspecified atom stereocenters. The van der Waals surface area contributed by atoms with Gasteiger partial charge in [-0.05, 0) is 5.56 Å². The van der Waals surface area contributed by atoms with Crippen molar-refractivity contribution in [2.75, 3.05) is 0 Å². The Labute approximate surface area is 115 Å². The van der Waals surface area contributed by atoms with Gasteiger partial charge in [0.25, 0.3) is 5.91 Å². The van der Waals surface area contributed by atoms with Crippen LogP contribution in [0, 0.1) is 0 Å². The number of nitrogens with one attached hydrogen (secondary N) is 1. The average molecular weight is 271 g/mol. The maximum atomic E-state index is 12.0. The second-order valence-electron chi connectivity index (χ2n) is 4.13. The second kappa shape index (κ2) is 6.42. The molecule has 0 saturated carbocycles. The van der Waals surface area contributed by atoms with Crippen molar-refractivity contribution in [3.8, 4) is 0 Å². The third kappa shape index (κ3) is 3.61. The molecule has 0 aliphatic heterocycles. The van der Waals surface area contributed by atoms with Crippen LogP contribution in [0.5, 0.6) is 0 Å². The van der Waals surface area contributed by atoms with E-state index in [1.807, 2.05) is 6.07 Å². The third-order valence-corrected chi connectivity index (χ3v) is 2.68. The number of hydrogen-bond donors (Lipinski definition) is 2. The van der Waals surface area contributed by atoms with E-state index in [1.165, 1.54) is 18.6 Å². The Bertz CT molecular complexity index is 587. The van der Waals surface area contributed by atoms with E-state index in [1.54, 1.807) is 24.3 Å². The maximum absolute atomic E-state index is 12.0. The van der Waals surface area contributed by atoms with Gasteiger partial charge in [0.05, 0.1) is 18.7 Å². The molecule has 6 nitrogen and oxygen atoms in total. The van der Waals surface area contributed by atoms with Crippen molar-refractivity contribution in [3.05, 3.63) is 60.2 Å². The lowest BCUT2D eigenvalue weighted by Gasteiger charge is -2.17. The van der Waals surface area contributed by atoms with E-state index in [-0.39, 0.29) is 12.1 Å². The number of aromatic nitrogens is 2. The zero-order chi connectivity index (χ0) is 14.4. The Hall–Kier alpha value is -2.76. The van der Waals surface area contributed by atoms with E-state index >= 15 is 0 Å². The van der Waals surface area contributed by atoms with Crippen molar-refractivity contribution in [1.82, 2.24) is 15.3 Å². The van der Waals surface area contributed by atoms with Crippen LogP contribution in [0.4, 0.5) is 0 Å². The normalized spacial score (nSPS) is 11.6. The fourth-order valence-electron chi connectivity index (χ4n) is 1.76. The summed E-state index contributed by atoms with van der Waals surface area (Å²) in [5, 5.41) is 11.6. The van der Waals surface area contributed by atoms with Gasteiger partial charge in [-0.15, -0.1) is 0 Å². The number of amides is 1. The first kappa shape index (κ1) is 13.7. The number of rotatable bonds is 5. The molecule has 6 heteroatoms. The molecule has 1 aromatic heterocycles. The van der Waals surface area contributed by atoms with Crippen molar-refractivity contribution in [2.24, 2.45) is 0 Å². The smallest absolute Gasteiger partial charge is 0.305 e. The molecule has 2 rings (SSSR count). The predicted molar refractivity (Wildman–Crippen MR) is 70.9 cm³/mol. The number of nitrogens with zero attached hydrogens (tertiary/aromatic N) is 2. The molecule has 0 fully saturated rings. The highest BCUT2D eigenvalue weighted by Gasteiger charge is 2.19. The number of carbonyl (C=O) groups is 2. The van der Waals surface area contributed by atoms with Gasteiger partial charge in [-0.1, -0.05) is 30.3 Å². The zero-order valence-electron chi connectivity index (χ0n) is 10.6. The molecule has 0 bridgehead atoms. The standard InChI is InChI=1S/C14H13N3O3/c18-13(19)8-11(10-4-2-1-3-5-10)17-14(20)12-9-15-6-7-16-12/h1-7,9,11H,8H2,(H,17,20)(H,18,19). The van der Waals surface area contributed by atoms with Crippen LogP contribution in [-0.2, 0) is 4.79 Å². The molecule has 102 valence electrons. The first-order chi connectivity index (χ1) is 9.66. The Kier molecular flexibility index (Phi) is 4.39. The fraction of sp³-hybridized carbons (Fsp3) is 0.143. The monoisotopic (exact) mass is 271 g/mol. The summed E-state index contributed by atoms with van der Waals surface area (Å²) in [4.78, 5) is 30.6. The third-order valence-electron chi connectivity index (χ3n) is 2.68. The SMILES string of the molecule is O=C(O)CC(NC(=O)c1cnccn1)c1ccccc1. The lowest BCUT2D eigenvalue weighted by molar-refractivity contribution is -0.137. The van der Waals surface area contributed by atoms with Gasteiger partial charge in [0.1, 0.15) is 5.69 Å². The summed E-state index contributed by atoms with van der Waals surface area (Å²) in [5.41, 5.74) is 0.881. The molecule has 0 aliphatic rings. The molecular weight excluding hydrogens is 258 g/mol. The summed E-state index contributed by atoms with van der Waals surface area (Å²) in [6.07, 6.45) is 4.00. The largest absolute Gasteiger partial charge is 0.481 e. The van der Waals surface area contributed by atoms with Crippen LogP contribution in [-0.4, -0.2) is 27.0 Å². The van der Waals surface area contributed by atoms with Gasteiger partial charge in [0, 0.05) is 12.4 Å². The minimum atomic E-state index is -0.988. The molecule has 1 aromatic carbocycles. The highest BCUT2D eigenvalue weighted by Crippen LogP contribution is 2.16. The van der Waals surface area contributed by atoms with Crippen molar-refractivity contribution >= 4 is 11.9 Å². The van der Waals surface area contributed by atoms with Crippen LogP contribution < -0.4 is 5.32 Å². The quantitative estimate of drug-likeness (QED) is 0.858. The minimum absolute atomic E-state index is 0.152. The highest BCUT2D eigenvalue weighted by molar-refractivity contribution is 5.92. The van der Waals surface area contributed by atoms with Gasteiger partial charge in [-0.3, -0.25) is 14.6 Å². The Morgan fingerprint density at radius 3 is 2.55 bits per heavy atom. The van der Waals surface area contributed by atoms with Crippen LogP contribution >= 0.6 is 0 Å². The lowest BCUT2D eigenvalue weighted by Crippen LogP contribution is -2.30. The molecule has 1 heterocycles. The summed E-state index contributed by atoms with van der Waals surface area (Å²) < 4.78 is 0. The van der Waals surface area contributed by atoms with Crippen LogP contribution in [0.3, 0.4) is 0 Å². The number of carbonyl (C=O) groups excluding carboxylic acids is 1. The Morgan fingerprint density at radius 1 is 1.20 bits per heavy atom. The van der Waals surface area contributed by atoms with Gasteiger partial charge in [-0.25, -0.2) is 4.98 Å². The van der Waals surface area contributed by atoms with Crippen LogP contribution in [0.15, 0.2) is 48.9 Å². The molecule has 1 atom stereocenters. The predicted octanol–water partition coefficient (Wildman–Crippen LogP) is 1.42. The number of carboxylic acid groups (broad SMARTS) is 1. The van der Waals surface area contributed by atoms with E-state index in [0.29, 0.717) is 0 Å². The number of aliphatic carboxylic acids is 1. The minimum Gasteiger partial charge on any atom is -0.481 e. The van der Waals surface area contributed by atoms with Crippen LogP contribution in [0.2, 0.25) is 0 Å². The van der Waals surface area contributed by atoms with E-state index < -0.39 is 17.9 Å². The van der Waals surface area contributed by atoms with E-state index in [9.17, 15) is 9.59 Å². The number of benzene rings is 1. The van der Waals surface area contributed by atoms with Crippen LogP contribution in [0.25, 0.3) is 0 Å². The first-order valence-corrected chi connectivity index (χ1v) is 6.00. The molecule has 0 spiro atoms. The highest BCUT2D eigenvalue weighted by atomic mass is 16.4. The molecule has 1 amide bonds. The zero-order valence-corrected chi connectivity index (χ0v) is 10.6. The fourth-order valence-corrected chi connectivity index (χ4v) is 1.76. The van der Waals surface area contributed by atoms with Gasteiger partial charge >= 0.3 is 5.97 Å². The summed E-state index contributed by atoms with van der Waals surface area (Å²) in [5.74, 6) is -1.44. The van der Waals surface area contributed by atoms with Gasteiger partial charge in [0.15, 0.2) is 0 Å². The molecule has 20 heavy (non-hydrogen) atoms.